The summed E-state index contributed by atoms with van der Waals surface area (Å²) in [6, 6.07) is 12.8. The largest absolute Gasteiger partial charge is 0.334 e. The fraction of sp³-hybridized carbons (Fsp3) is 0.238. The molecule has 1 aromatic heterocycles. The summed E-state index contributed by atoms with van der Waals surface area (Å²) >= 11 is 0. The van der Waals surface area contributed by atoms with E-state index in [1.807, 2.05) is 32.0 Å². The molecule has 0 radical (unpaired) electrons. The van der Waals surface area contributed by atoms with Crippen LogP contribution in [0.1, 0.15) is 19.4 Å². The molecule has 0 unspecified atom stereocenters. The lowest BCUT2D eigenvalue weighted by Crippen LogP contribution is -2.30. The van der Waals surface area contributed by atoms with Crippen molar-refractivity contribution in [3.63, 3.8) is 0 Å². The minimum absolute atomic E-state index is 0.0726. The molecular formula is C21H22FN3O2. The lowest BCUT2D eigenvalue weighted by molar-refractivity contribution is 0.251. The standard InChI is InChI=1S/C21H22FN3O2/c1-14(2)12-25-13-19(17-5-3-4-6-18(17)20(25)26)24-21(27)23-11-15-7-9-16(22)10-8-15/h3-10,13-14H,11-12H2,1-2H3,(H2,23,24,27). The van der Waals surface area contributed by atoms with Crippen LogP contribution in [0.25, 0.3) is 10.8 Å². The molecule has 0 saturated carbocycles. The Morgan fingerprint density at radius 1 is 1.07 bits per heavy atom. The van der Waals surface area contributed by atoms with Crippen LogP contribution in [0, 0.1) is 11.7 Å². The number of hydrogen-bond donors (Lipinski definition) is 2. The van der Waals surface area contributed by atoms with Crippen molar-refractivity contribution in [1.82, 2.24) is 9.88 Å². The van der Waals surface area contributed by atoms with Gasteiger partial charge in [-0.05, 0) is 29.7 Å². The second-order valence-electron chi connectivity index (χ2n) is 6.87. The van der Waals surface area contributed by atoms with Crippen molar-refractivity contribution in [3.05, 3.63) is 76.5 Å². The summed E-state index contributed by atoms with van der Waals surface area (Å²) in [5.74, 6) is -0.0221. The third kappa shape index (κ3) is 4.53. The van der Waals surface area contributed by atoms with Crippen LogP contribution in [0.5, 0.6) is 0 Å². The Morgan fingerprint density at radius 2 is 1.74 bits per heavy atom. The molecule has 0 aliphatic rings. The monoisotopic (exact) mass is 367 g/mol. The first-order valence-electron chi connectivity index (χ1n) is 8.85. The third-order valence-corrected chi connectivity index (χ3v) is 4.17. The van der Waals surface area contributed by atoms with Crippen LogP contribution in [0.2, 0.25) is 0 Å². The number of carbonyl (C=O) groups is 1. The highest BCUT2D eigenvalue weighted by molar-refractivity contribution is 6.00. The van der Waals surface area contributed by atoms with Gasteiger partial charge in [0.1, 0.15) is 5.82 Å². The molecule has 0 aliphatic carbocycles. The average Bonchev–Trinajstić information content (AvgIpc) is 2.65. The van der Waals surface area contributed by atoms with E-state index >= 15 is 0 Å². The molecule has 0 atom stereocenters. The van der Waals surface area contributed by atoms with Crippen molar-refractivity contribution in [3.8, 4) is 0 Å². The molecule has 2 amide bonds. The molecule has 3 aromatic rings. The molecule has 0 saturated heterocycles. The van der Waals surface area contributed by atoms with Gasteiger partial charge in [0.05, 0.1) is 5.69 Å². The molecule has 2 N–H and O–H groups in total. The molecule has 6 heteroatoms. The Kier molecular flexibility index (Phi) is 5.54. The van der Waals surface area contributed by atoms with Gasteiger partial charge in [0.25, 0.3) is 5.56 Å². The number of carbonyl (C=O) groups excluding carboxylic acids is 1. The zero-order valence-corrected chi connectivity index (χ0v) is 15.3. The van der Waals surface area contributed by atoms with Crippen molar-refractivity contribution in [1.29, 1.82) is 0 Å². The number of nitrogens with one attached hydrogen (secondary N) is 2. The summed E-state index contributed by atoms with van der Waals surface area (Å²) in [5.41, 5.74) is 1.29. The zero-order valence-electron chi connectivity index (χ0n) is 15.3. The summed E-state index contributed by atoms with van der Waals surface area (Å²) in [7, 11) is 0. The molecule has 5 nitrogen and oxygen atoms in total. The SMILES string of the molecule is CC(C)Cn1cc(NC(=O)NCc2ccc(F)cc2)c2ccccc2c1=O. The van der Waals surface area contributed by atoms with Crippen molar-refractivity contribution < 1.29 is 9.18 Å². The van der Waals surface area contributed by atoms with E-state index in [1.165, 1.54) is 12.1 Å². The molecule has 2 aromatic carbocycles. The minimum Gasteiger partial charge on any atom is -0.334 e. The molecule has 0 spiro atoms. The van der Waals surface area contributed by atoms with Gasteiger partial charge in [-0.15, -0.1) is 0 Å². The van der Waals surface area contributed by atoms with Gasteiger partial charge in [-0.3, -0.25) is 4.79 Å². The van der Waals surface area contributed by atoms with Gasteiger partial charge in [-0.2, -0.15) is 0 Å². The van der Waals surface area contributed by atoms with Crippen LogP contribution in [0.4, 0.5) is 14.9 Å². The Bertz CT molecular complexity index is 1010. The number of benzene rings is 2. The van der Waals surface area contributed by atoms with Crippen molar-refractivity contribution >= 4 is 22.5 Å². The van der Waals surface area contributed by atoms with Crippen LogP contribution in [0.15, 0.2) is 59.5 Å². The molecule has 140 valence electrons. The highest BCUT2D eigenvalue weighted by atomic mass is 19.1. The van der Waals surface area contributed by atoms with Gasteiger partial charge in [0.2, 0.25) is 0 Å². The first-order chi connectivity index (χ1) is 12.9. The van der Waals surface area contributed by atoms with E-state index in [9.17, 15) is 14.0 Å². The Hall–Kier alpha value is -3.15. The fourth-order valence-electron chi connectivity index (χ4n) is 2.92. The number of aromatic nitrogens is 1. The van der Waals surface area contributed by atoms with Gasteiger partial charge in [0.15, 0.2) is 0 Å². The maximum atomic E-state index is 13.0. The number of fused-ring (bicyclic) bond motifs is 1. The second-order valence-corrected chi connectivity index (χ2v) is 6.87. The number of pyridine rings is 1. The smallest absolute Gasteiger partial charge is 0.319 e. The Labute approximate surface area is 156 Å². The number of nitrogens with zero attached hydrogens (tertiary/aromatic N) is 1. The van der Waals surface area contributed by atoms with Gasteiger partial charge >= 0.3 is 6.03 Å². The van der Waals surface area contributed by atoms with Crippen LogP contribution in [0.3, 0.4) is 0 Å². The zero-order chi connectivity index (χ0) is 19.4. The molecule has 3 rings (SSSR count). The predicted molar refractivity (Wildman–Crippen MR) is 105 cm³/mol. The quantitative estimate of drug-likeness (QED) is 0.713. The van der Waals surface area contributed by atoms with Gasteiger partial charge in [0, 0.05) is 30.1 Å². The van der Waals surface area contributed by atoms with E-state index in [2.05, 4.69) is 10.6 Å². The van der Waals surface area contributed by atoms with E-state index in [1.54, 1.807) is 29.0 Å². The Balaban J connectivity index is 1.82. The van der Waals surface area contributed by atoms with Crippen LogP contribution < -0.4 is 16.2 Å². The highest BCUT2D eigenvalue weighted by Gasteiger charge is 2.11. The van der Waals surface area contributed by atoms with Crippen LogP contribution in [-0.2, 0) is 13.1 Å². The highest BCUT2D eigenvalue weighted by Crippen LogP contribution is 2.20. The fourth-order valence-corrected chi connectivity index (χ4v) is 2.92. The van der Waals surface area contributed by atoms with Crippen molar-refractivity contribution in [2.75, 3.05) is 5.32 Å². The molecule has 0 fully saturated rings. The second kappa shape index (κ2) is 8.03. The van der Waals surface area contributed by atoms with E-state index in [0.717, 1.165) is 5.56 Å². The van der Waals surface area contributed by atoms with Crippen molar-refractivity contribution in [2.45, 2.75) is 26.9 Å². The molecule has 27 heavy (non-hydrogen) atoms. The maximum Gasteiger partial charge on any atom is 0.319 e. The van der Waals surface area contributed by atoms with Crippen LogP contribution in [-0.4, -0.2) is 10.6 Å². The molecular weight excluding hydrogens is 345 g/mol. The number of hydrogen-bond acceptors (Lipinski definition) is 2. The lowest BCUT2D eigenvalue weighted by Gasteiger charge is -2.15. The first kappa shape index (κ1) is 18.6. The minimum atomic E-state index is -0.390. The lowest BCUT2D eigenvalue weighted by atomic mass is 10.1. The van der Waals surface area contributed by atoms with Gasteiger partial charge in [-0.1, -0.05) is 44.2 Å². The summed E-state index contributed by atoms with van der Waals surface area (Å²) in [4.78, 5) is 25.0. The average molecular weight is 367 g/mol. The van der Waals surface area contributed by atoms with Gasteiger partial charge in [-0.25, -0.2) is 9.18 Å². The van der Waals surface area contributed by atoms with Gasteiger partial charge < -0.3 is 15.2 Å². The van der Waals surface area contributed by atoms with E-state index in [-0.39, 0.29) is 24.0 Å². The summed E-state index contributed by atoms with van der Waals surface area (Å²) in [6.07, 6.45) is 1.68. The first-order valence-corrected chi connectivity index (χ1v) is 8.85. The number of anilines is 1. The topological polar surface area (TPSA) is 63.1 Å². The summed E-state index contributed by atoms with van der Waals surface area (Å²) in [5, 5.41) is 6.83. The molecule has 0 aliphatic heterocycles. The number of urea groups is 1. The summed E-state index contributed by atoms with van der Waals surface area (Å²) in [6.45, 7) is 4.90. The van der Waals surface area contributed by atoms with E-state index < -0.39 is 0 Å². The van der Waals surface area contributed by atoms with Crippen molar-refractivity contribution in [2.24, 2.45) is 5.92 Å². The maximum absolute atomic E-state index is 13.0. The Morgan fingerprint density at radius 3 is 2.41 bits per heavy atom. The normalized spacial score (nSPS) is 11.0. The number of amides is 2. The van der Waals surface area contributed by atoms with Crippen LogP contribution >= 0.6 is 0 Å². The summed E-state index contributed by atoms with van der Waals surface area (Å²) < 4.78 is 14.6. The number of halogens is 1. The number of rotatable bonds is 5. The molecule has 0 bridgehead atoms. The predicted octanol–water partition coefficient (Wildman–Crippen LogP) is 4.12. The third-order valence-electron chi connectivity index (χ3n) is 4.17. The van der Waals surface area contributed by atoms with E-state index in [0.29, 0.717) is 28.9 Å². The molecule has 1 heterocycles. The van der Waals surface area contributed by atoms with E-state index in [4.69, 9.17) is 0 Å².